The molecule has 3 aromatic rings. The fourth-order valence-electron chi connectivity index (χ4n) is 4.47. The van der Waals surface area contributed by atoms with Gasteiger partial charge in [-0.05, 0) is 57.9 Å². The van der Waals surface area contributed by atoms with Gasteiger partial charge in [0.05, 0.1) is 11.4 Å². The molecule has 4 nitrogen and oxygen atoms in total. The predicted octanol–water partition coefficient (Wildman–Crippen LogP) is 5.10. The van der Waals surface area contributed by atoms with Crippen LogP contribution < -0.4 is 0 Å². The largest absolute Gasteiger partial charge is 0.508 e. The van der Waals surface area contributed by atoms with E-state index in [9.17, 15) is 5.11 Å². The number of hydrogen-bond acceptors (Lipinski definition) is 3. The summed E-state index contributed by atoms with van der Waals surface area (Å²) in [6.45, 7) is 6.38. The smallest absolute Gasteiger partial charge is 0.115 e. The summed E-state index contributed by atoms with van der Waals surface area (Å²) in [7, 11) is 0. The number of phenolic OH excluding ortho intramolecular Hbond substituents is 1. The molecule has 25 heavy (non-hydrogen) atoms. The van der Waals surface area contributed by atoms with E-state index < -0.39 is 0 Å². The summed E-state index contributed by atoms with van der Waals surface area (Å²) >= 11 is 0. The molecule has 1 N–H and O–H groups in total. The molecule has 1 aromatic carbocycles. The van der Waals surface area contributed by atoms with Crippen molar-refractivity contribution in [3.63, 3.8) is 0 Å². The van der Waals surface area contributed by atoms with Crippen LogP contribution in [0.25, 0.3) is 16.5 Å². The number of hydrogen-bond donors (Lipinski definition) is 1. The molecule has 0 amide bonds. The molecule has 1 aliphatic rings. The Morgan fingerprint density at radius 2 is 1.52 bits per heavy atom. The molecule has 0 unspecified atom stereocenters. The van der Waals surface area contributed by atoms with Crippen molar-refractivity contribution in [2.75, 3.05) is 0 Å². The lowest BCUT2D eigenvalue weighted by molar-refractivity contribution is 0.436. The number of aryl methyl sites for hydroxylation is 3. The van der Waals surface area contributed by atoms with Crippen LogP contribution in [0.2, 0.25) is 0 Å². The molecule has 4 heteroatoms. The third-order valence-electron chi connectivity index (χ3n) is 5.67. The first-order valence-corrected chi connectivity index (χ1v) is 9.22. The highest BCUT2D eigenvalue weighted by atomic mass is 16.3. The van der Waals surface area contributed by atoms with Crippen molar-refractivity contribution in [3.05, 3.63) is 47.0 Å². The molecule has 0 radical (unpaired) electrons. The molecule has 0 bridgehead atoms. The number of rotatable bonds is 2. The second kappa shape index (κ2) is 6.17. The van der Waals surface area contributed by atoms with Gasteiger partial charge in [0.25, 0.3) is 0 Å². The zero-order valence-electron chi connectivity index (χ0n) is 15.2. The van der Waals surface area contributed by atoms with Gasteiger partial charge in [-0.2, -0.15) is 10.2 Å². The van der Waals surface area contributed by atoms with E-state index >= 15 is 0 Å². The van der Waals surface area contributed by atoms with Crippen LogP contribution in [0.4, 0.5) is 0 Å². The molecule has 130 valence electrons. The Bertz CT molecular complexity index is 919. The van der Waals surface area contributed by atoms with Gasteiger partial charge in [0.1, 0.15) is 5.75 Å². The van der Waals surface area contributed by atoms with Gasteiger partial charge in [0.2, 0.25) is 0 Å². The van der Waals surface area contributed by atoms with E-state index in [1.165, 1.54) is 60.0 Å². The fourth-order valence-corrected chi connectivity index (χ4v) is 4.47. The fraction of sp³-hybridized carbons (Fsp3) is 0.429. The molecule has 2 aromatic heterocycles. The molecule has 1 aliphatic carbocycles. The first kappa shape index (κ1) is 16.1. The molecule has 0 saturated heterocycles. The highest BCUT2D eigenvalue weighted by Crippen LogP contribution is 2.39. The Balaban J connectivity index is 1.97. The van der Waals surface area contributed by atoms with Crippen LogP contribution in [-0.4, -0.2) is 19.9 Å². The summed E-state index contributed by atoms with van der Waals surface area (Å²) in [6, 6.07) is 7.41. The van der Waals surface area contributed by atoms with Crippen molar-refractivity contribution >= 4 is 10.8 Å². The molecule has 4 rings (SSSR count). The monoisotopic (exact) mass is 335 g/mol. The molecule has 2 heterocycles. The average molecular weight is 335 g/mol. The van der Waals surface area contributed by atoms with Crippen LogP contribution >= 0.6 is 0 Å². The van der Waals surface area contributed by atoms with E-state index in [4.69, 9.17) is 0 Å². The third-order valence-corrected chi connectivity index (χ3v) is 5.67. The second-order valence-corrected chi connectivity index (χ2v) is 7.28. The molecular formula is C21H25N3O. The van der Waals surface area contributed by atoms with Gasteiger partial charge in [-0.25, -0.2) is 0 Å². The van der Waals surface area contributed by atoms with E-state index in [0.717, 1.165) is 11.4 Å². The third kappa shape index (κ3) is 2.60. The number of nitrogens with zero attached hydrogens (tertiary/aromatic N) is 3. The van der Waals surface area contributed by atoms with Gasteiger partial charge in [-0.15, -0.1) is 0 Å². The summed E-state index contributed by atoms with van der Waals surface area (Å²) < 4.78 is 2.27. The Morgan fingerprint density at radius 1 is 0.880 bits per heavy atom. The van der Waals surface area contributed by atoms with Crippen LogP contribution in [-0.2, 0) is 0 Å². The number of aromatic hydroxyl groups is 1. The Kier molecular flexibility index (Phi) is 3.98. The number of benzene rings is 1. The van der Waals surface area contributed by atoms with Gasteiger partial charge in [0, 0.05) is 33.8 Å². The van der Waals surface area contributed by atoms with Crippen LogP contribution in [0.15, 0.2) is 24.3 Å². The van der Waals surface area contributed by atoms with Crippen molar-refractivity contribution in [3.8, 4) is 11.4 Å². The first-order valence-electron chi connectivity index (χ1n) is 9.22. The zero-order valence-corrected chi connectivity index (χ0v) is 15.2. The summed E-state index contributed by atoms with van der Waals surface area (Å²) in [5.74, 6) is 0.816. The molecule has 1 saturated carbocycles. The highest BCUT2D eigenvalue weighted by Gasteiger charge is 2.25. The summed E-state index contributed by atoms with van der Waals surface area (Å²) in [4.78, 5) is 0. The van der Waals surface area contributed by atoms with Gasteiger partial charge in [0.15, 0.2) is 0 Å². The van der Waals surface area contributed by atoms with Gasteiger partial charge >= 0.3 is 0 Å². The van der Waals surface area contributed by atoms with Crippen molar-refractivity contribution in [2.45, 2.75) is 58.8 Å². The molecular weight excluding hydrogens is 310 g/mol. The zero-order chi connectivity index (χ0) is 17.6. The predicted molar refractivity (Wildman–Crippen MR) is 101 cm³/mol. The Hall–Kier alpha value is -2.36. The van der Waals surface area contributed by atoms with Crippen LogP contribution in [0, 0.1) is 20.8 Å². The van der Waals surface area contributed by atoms with E-state index in [1.54, 1.807) is 12.1 Å². The van der Waals surface area contributed by atoms with Crippen LogP contribution in [0.5, 0.6) is 5.75 Å². The topological polar surface area (TPSA) is 50.9 Å². The quantitative estimate of drug-likeness (QED) is 0.709. The lowest BCUT2D eigenvalue weighted by Crippen LogP contribution is -2.09. The second-order valence-electron chi connectivity index (χ2n) is 7.28. The lowest BCUT2D eigenvalue weighted by atomic mass is 9.85. The number of fused-ring (bicyclic) bond motifs is 1. The normalized spacial score (nSPS) is 15.8. The standard InChI is InChI=1S/C21H25N3O/c1-13-19-14(2)24(17-9-11-18(25)12-10-17)15(3)20(19)21(23-22-13)16-7-5-4-6-8-16/h9-12,16,25H,4-8H2,1-3H3. The van der Waals surface area contributed by atoms with Crippen molar-refractivity contribution in [1.29, 1.82) is 0 Å². The number of aromatic nitrogens is 3. The summed E-state index contributed by atoms with van der Waals surface area (Å²) in [6.07, 6.45) is 6.35. The summed E-state index contributed by atoms with van der Waals surface area (Å²) in [5.41, 5.74) is 5.66. The van der Waals surface area contributed by atoms with E-state index in [0.29, 0.717) is 5.92 Å². The lowest BCUT2D eigenvalue weighted by Gasteiger charge is -2.21. The maximum atomic E-state index is 9.61. The van der Waals surface area contributed by atoms with E-state index in [1.807, 2.05) is 19.1 Å². The molecule has 0 spiro atoms. The van der Waals surface area contributed by atoms with E-state index in [-0.39, 0.29) is 5.75 Å². The van der Waals surface area contributed by atoms with Gasteiger partial charge < -0.3 is 9.67 Å². The highest BCUT2D eigenvalue weighted by molar-refractivity contribution is 5.93. The SMILES string of the molecule is Cc1nnc(C2CCCCC2)c2c(C)n(-c3ccc(O)cc3)c(C)c12. The van der Waals surface area contributed by atoms with Gasteiger partial charge in [-0.1, -0.05) is 19.3 Å². The maximum Gasteiger partial charge on any atom is 0.115 e. The minimum absolute atomic E-state index is 0.290. The maximum absolute atomic E-state index is 9.61. The minimum atomic E-state index is 0.290. The Morgan fingerprint density at radius 3 is 2.20 bits per heavy atom. The van der Waals surface area contributed by atoms with Crippen LogP contribution in [0.3, 0.4) is 0 Å². The molecule has 1 fully saturated rings. The summed E-state index contributed by atoms with van der Waals surface area (Å²) in [5, 5.41) is 21.3. The average Bonchev–Trinajstić information content (AvgIpc) is 2.89. The minimum Gasteiger partial charge on any atom is -0.508 e. The van der Waals surface area contributed by atoms with Crippen molar-refractivity contribution in [1.82, 2.24) is 14.8 Å². The first-order chi connectivity index (χ1) is 12.1. The van der Waals surface area contributed by atoms with Crippen molar-refractivity contribution in [2.24, 2.45) is 0 Å². The van der Waals surface area contributed by atoms with Gasteiger partial charge in [-0.3, -0.25) is 0 Å². The van der Waals surface area contributed by atoms with Crippen LogP contribution in [0.1, 0.15) is 60.8 Å². The van der Waals surface area contributed by atoms with Crippen molar-refractivity contribution < 1.29 is 5.11 Å². The molecule has 0 aliphatic heterocycles. The number of phenols is 1. The molecule has 0 atom stereocenters. The van der Waals surface area contributed by atoms with E-state index in [2.05, 4.69) is 28.6 Å². The Labute approximate surface area is 148 Å².